The lowest BCUT2D eigenvalue weighted by atomic mass is 9.98. The molecule has 0 aliphatic rings. The van der Waals surface area contributed by atoms with Gasteiger partial charge in [-0.1, -0.05) is 92.7 Å². The topological polar surface area (TPSA) is 116 Å². The predicted octanol–water partition coefficient (Wildman–Crippen LogP) is 4.52. The Labute approximate surface area is 235 Å². The fraction of sp³-hybridized carbons (Fsp3) is 0.226. The lowest BCUT2D eigenvalue weighted by molar-refractivity contribution is 0.579. The number of hydrogen-bond acceptors (Lipinski definition) is 6. The Morgan fingerprint density at radius 1 is 0.854 bits per heavy atom. The fourth-order valence-electron chi connectivity index (χ4n) is 5.34. The van der Waals surface area contributed by atoms with Crippen LogP contribution in [0.25, 0.3) is 33.7 Å². The van der Waals surface area contributed by atoms with E-state index in [9.17, 15) is 9.59 Å². The largest absolute Gasteiger partial charge is 0.333 e. The molecule has 0 spiro atoms. The molecule has 0 saturated heterocycles. The second-order valence-electron chi connectivity index (χ2n) is 10.5. The average molecular weight is 547 g/mol. The molecule has 0 bridgehead atoms. The second-order valence-corrected chi connectivity index (χ2v) is 10.5. The molecule has 10 nitrogen and oxygen atoms in total. The van der Waals surface area contributed by atoms with Gasteiger partial charge in [-0.3, -0.25) is 13.9 Å². The number of benzene rings is 3. The lowest BCUT2D eigenvalue weighted by Gasteiger charge is -2.17. The third-order valence-corrected chi connectivity index (χ3v) is 7.51. The van der Waals surface area contributed by atoms with E-state index in [0.29, 0.717) is 23.5 Å². The van der Waals surface area contributed by atoms with Gasteiger partial charge in [0.1, 0.15) is 5.82 Å². The van der Waals surface area contributed by atoms with E-state index in [1.54, 1.807) is 4.57 Å². The summed E-state index contributed by atoms with van der Waals surface area (Å²) in [5.74, 6) is 1.31. The number of hydrogen-bond donors (Lipinski definition) is 1. The molecule has 206 valence electrons. The number of fused-ring (bicyclic) bond motifs is 1. The molecule has 1 unspecified atom stereocenters. The van der Waals surface area contributed by atoms with Crippen LogP contribution in [0.3, 0.4) is 0 Å². The summed E-state index contributed by atoms with van der Waals surface area (Å²) in [6.45, 7) is 6.48. The third-order valence-electron chi connectivity index (χ3n) is 7.51. The SMILES string of the molecule is CC(C)c1nc2c(c(=O)n(C)c(=O)n2C(C)c2ccccc2)n1Cc1ccc(-c2ccccc2-c2nn[nH]n2)cc1. The summed E-state index contributed by atoms with van der Waals surface area (Å²) in [5, 5.41) is 14.5. The maximum absolute atomic E-state index is 13.6. The van der Waals surface area contributed by atoms with Gasteiger partial charge in [-0.15, -0.1) is 10.2 Å². The summed E-state index contributed by atoms with van der Waals surface area (Å²) in [5.41, 5.74) is 4.93. The molecular weight excluding hydrogens is 516 g/mol. The molecule has 0 radical (unpaired) electrons. The number of imidazole rings is 1. The van der Waals surface area contributed by atoms with Crippen molar-refractivity contribution in [2.75, 3.05) is 0 Å². The van der Waals surface area contributed by atoms with Crippen molar-refractivity contribution >= 4 is 11.2 Å². The molecule has 3 aromatic heterocycles. The number of aromatic nitrogens is 8. The zero-order valence-corrected chi connectivity index (χ0v) is 23.3. The monoisotopic (exact) mass is 546 g/mol. The first-order valence-corrected chi connectivity index (χ1v) is 13.5. The number of tetrazole rings is 1. The van der Waals surface area contributed by atoms with Crippen LogP contribution in [0.5, 0.6) is 0 Å². The summed E-state index contributed by atoms with van der Waals surface area (Å²) in [6, 6.07) is 25.6. The van der Waals surface area contributed by atoms with Crippen LogP contribution in [0.15, 0.2) is 88.5 Å². The summed E-state index contributed by atoms with van der Waals surface area (Å²) in [6.07, 6.45) is 0. The van der Waals surface area contributed by atoms with Crippen molar-refractivity contribution in [1.29, 1.82) is 0 Å². The molecule has 10 heteroatoms. The van der Waals surface area contributed by atoms with Gasteiger partial charge in [0.25, 0.3) is 5.56 Å². The summed E-state index contributed by atoms with van der Waals surface area (Å²) < 4.78 is 4.77. The Hall–Kier alpha value is -5.12. The van der Waals surface area contributed by atoms with Crippen molar-refractivity contribution in [1.82, 2.24) is 39.3 Å². The smallest absolute Gasteiger partial charge is 0.317 e. The van der Waals surface area contributed by atoms with Crippen LogP contribution >= 0.6 is 0 Å². The number of nitrogens with one attached hydrogen (secondary N) is 1. The normalized spacial score (nSPS) is 12.3. The van der Waals surface area contributed by atoms with Crippen LogP contribution in [0.1, 0.15) is 49.7 Å². The van der Waals surface area contributed by atoms with E-state index < -0.39 is 0 Å². The van der Waals surface area contributed by atoms with Gasteiger partial charge in [0.05, 0.1) is 6.04 Å². The summed E-state index contributed by atoms with van der Waals surface area (Å²) >= 11 is 0. The van der Waals surface area contributed by atoms with Crippen LogP contribution in [-0.2, 0) is 13.6 Å². The predicted molar refractivity (Wildman–Crippen MR) is 158 cm³/mol. The van der Waals surface area contributed by atoms with Gasteiger partial charge in [-0.2, -0.15) is 5.21 Å². The zero-order chi connectivity index (χ0) is 28.7. The molecule has 0 aliphatic carbocycles. The van der Waals surface area contributed by atoms with Crippen LogP contribution in [0, 0.1) is 0 Å². The van der Waals surface area contributed by atoms with Crippen molar-refractivity contribution in [2.45, 2.75) is 39.3 Å². The van der Waals surface area contributed by atoms with Crippen molar-refractivity contribution < 1.29 is 0 Å². The van der Waals surface area contributed by atoms with Crippen molar-refractivity contribution in [2.24, 2.45) is 7.05 Å². The second kappa shape index (κ2) is 10.5. The highest BCUT2D eigenvalue weighted by molar-refractivity contribution is 5.80. The highest BCUT2D eigenvalue weighted by Crippen LogP contribution is 2.30. The third kappa shape index (κ3) is 4.57. The van der Waals surface area contributed by atoms with Gasteiger partial charge in [-0.25, -0.2) is 9.78 Å². The van der Waals surface area contributed by atoms with Gasteiger partial charge in [0.2, 0.25) is 5.82 Å². The van der Waals surface area contributed by atoms with Gasteiger partial charge >= 0.3 is 5.69 Å². The quantitative estimate of drug-likeness (QED) is 0.315. The molecule has 0 aliphatic heterocycles. The first kappa shape index (κ1) is 26.1. The van der Waals surface area contributed by atoms with E-state index in [2.05, 4.69) is 20.6 Å². The van der Waals surface area contributed by atoms with Crippen LogP contribution in [-0.4, -0.2) is 39.3 Å². The molecule has 3 aromatic carbocycles. The Balaban J connectivity index is 1.45. The minimum Gasteiger partial charge on any atom is -0.317 e. The van der Waals surface area contributed by atoms with E-state index >= 15 is 0 Å². The van der Waals surface area contributed by atoms with E-state index in [1.165, 1.54) is 11.6 Å². The van der Waals surface area contributed by atoms with E-state index in [4.69, 9.17) is 4.98 Å². The molecular formula is C31H30N8O2. The Kier molecular flexibility index (Phi) is 6.66. The number of rotatable bonds is 7. The van der Waals surface area contributed by atoms with E-state index in [-0.39, 0.29) is 23.2 Å². The molecule has 6 aromatic rings. The first-order valence-electron chi connectivity index (χ1n) is 13.5. The molecule has 0 fully saturated rings. The molecule has 1 atom stereocenters. The van der Waals surface area contributed by atoms with Crippen LogP contribution in [0.2, 0.25) is 0 Å². The lowest BCUT2D eigenvalue weighted by Crippen LogP contribution is -2.40. The van der Waals surface area contributed by atoms with Gasteiger partial charge in [-0.05, 0) is 34.4 Å². The molecule has 41 heavy (non-hydrogen) atoms. The van der Waals surface area contributed by atoms with E-state index in [1.807, 2.05) is 104 Å². The maximum atomic E-state index is 13.6. The molecule has 6 rings (SSSR count). The highest BCUT2D eigenvalue weighted by atomic mass is 16.2. The number of nitrogens with zero attached hydrogens (tertiary/aromatic N) is 7. The first-order chi connectivity index (χ1) is 19.8. The van der Waals surface area contributed by atoms with Gasteiger partial charge < -0.3 is 4.57 Å². The standard InChI is InChI=1S/C31H30N8O2/c1-19(2)28-32-29-26(30(40)37(4)31(41)39(29)20(3)22-10-6-5-7-11-22)38(28)18-21-14-16-23(17-15-21)24-12-8-9-13-25(24)27-33-35-36-34-27/h5-17,19-20H,18H2,1-4H3,(H,33,34,35,36). The Morgan fingerprint density at radius 2 is 1.54 bits per heavy atom. The summed E-state index contributed by atoms with van der Waals surface area (Å²) in [7, 11) is 1.53. The van der Waals surface area contributed by atoms with Crippen molar-refractivity contribution in [3.8, 4) is 22.5 Å². The highest BCUT2D eigenvalue weighted by Gasteiger charge is 2.25. The Morgan fingerprint density at radius 3 is 2.20 bits per heavy atom. The number of H-pyrrole nitrogens is 1. The van der Waals surface area contributed by atoms with Crippen molar-refractivity contribution in [3.63, 3.8) is 0 Å². The van der Waals surface area contributed by atoms with Crippen molar-refractivity contribution in [3.05, 3.63) is 117 Å². The number of aromatic amines is 1. The molecule has 0 saturated carbocycles. The average Bonchev–Trinajstić information content (AvgIpc) is 3.66. The minimum atomic E-state index is -0.386. The molecule has 0 amide bonds. The van der Waals surface area contributed by atoms with Gasteiger partial charge in [0, 0.05) is 25.1 Å². The van der Waals surface area contributed by atoms with Crippen LogP contribution in [0.4, 0.5) is 0 Å². The fourth-order valence-corrected chi connectivity index (χ4v) is 5.34. The van der Waals surface area contributed by atoms with Crippen LogP contribution < -0.4 is 11.2 Å². The summed E-state index contributed by atoms with van der Waals surface area (Å²) in [4.78, 5) is 31.9. The maximum Gasteiger partial charge on any atom is 0.333 e. The minimum absolute atomic E-state index is 0.0313. The molecule has 3 heterocycles. The molecule has 1 N–H and O–H groups in total. The zero-order valence-electron chi connectivity index (χ0n) is 23.3. The van der Waals surface area contributed by atoms with E-state index in [0.717, 1.165) is 33.6 Å². The Bertz CT molecular complexity index is 1950. The van der Waals surface area contributed by atoms with Gasteiger partial charge in [0.15, 0.2) is 11.2 Å².